The number of oxazole rings is 1. The van der Waals surface area contributed by atoms with E-state index >= 15 is 0 Å². The number of nitrogens with zero attached hydrogens (tertiary/aromatic N) is 2. The van der Waals surface area contributed by atoms with Gasteiger partial charge in [-0.25, -0.2) is 4.98 Å². The molecule has 0 saturated heterocycles. The molecule has 0 bridgehead atoms. The molecule has 0 aliphatic heterocycles. The third-order valence-corrected chi connectivity index (χ3v) is 5.77. The van der Waals surface area contributed by atoms with Gasteiger partial charge in [0.2, 0.25) is 5.89 Å². The number of para-hydroxylation sites is 1. The maximum atomic E-state index is 6.35. The van der Waals surface area contributed by atoms with Crippen molar-refractivity contribution in [2.75, 3.05) is 0 Å². The summed E-state index contributed by atoms with van der Waals surface area (Å²) in [6.07, 6.45) is 0. The van der Waals surface area contributed by atoms with Crippen molar-refractivity contribution in [3.63, 3.8) is 0 Å². The summed E-state index contributed by atoms with van der Waals surface area (Å²) in [5.74, 6) is 0.638. The zero-order valence-electron chi connectivity index (χ0n) is 15.3. The maximum absolute atomic E-state index is 6.35. The quantitative estimate of drug-likeness (QED) is 0.282. The van der Waals surface area contributed by atoms with Gasteiger partial charge in [-0.3, -0.25) is 0 Å². The Labute approximate surface area is 175 Å². The van der Waals surface area contributed by atoms with E-state index in [0.717, 1.165) is 43.2 Å². The minimum atomic E-state index is 0.638. The second-order valence-corrected chi connectivity index (χ2v) is 7.94. The van der Waals surface area contributed by atoms with E-state index in [4.69, 9.17) is 9.40 Å². The Kier molecular flexibility index (Phi) is 3.61. The molecule has 0 atom stereocenters. The van der Waals surface area contributed by atoms with E-state index in [0.29, 0.717) is 5.89 Å². The number of hydrogen-bond acceptors (Lipinski definition) is 2. The SMILES string of the molecule is Brc1ccc2c3ccc4nc(-c5ccccc5)oc4c3n(-c3ccccc3)c2c1. The summed E-state index contributed by atoms with van der Waals surface area (Å²) >= 11 is 3.63. The van der Waals surface area contributed by atoms with Crippen molar-refractivity contribution < 1.29 is 4.42 Å². The maximum Gasteiger partial charge on any atom is 0.227 e. The number of fused-ring (bicyclic) bond motifs is 5. The predicted molar refractivity (Wildman–Crippen MR) is 121 cm³/mol. The number of halogens is 1. The first-order valence-corrected chi connectivity index (χ1v) is 10.2. The average molecular weight is 439 g/mol. The van der Waals surface area contributed by atoms with Crippen molar-refractivity contribution in [2.24, 2.45) is 0 Å². The van der Waals surface area contributed by atoms with Crippen LogP contribution in [-0.2, 0) is 0 Å². The molecule has 4 aromatic carbocycles. The molecule has 0 saturated carbocycles. The van der Waals surface area contributed by atoms with E-state index in [2.05, 4.69) is 69.0 Å². The summed E-state index contributed by atoms with van der Waals surface area (Å²) in [7, 11) is 0. The molecular formula is C25H15BrN2O. The summed E-state index contributed by atoms with van der Waals surface area (Å²) < 4.78 is 9.65. The number of rotatable bonds is 2. The molecule has 4 heteroatoms. The zero-order chi connectivity index (χ0) is 19.4. The van der Waals surface area contributed by atoms with Crippen LogP contribution in [0.25, 0.3) is 50.0 Å². The lowest BCUT2D eigenvalue weighted by atomic mass is 10.1. The van der Waals surface area contributed by atoms with Crippen LogP contribution < -0.4 is 0 Å². The van der Waals surface area contributed by atoms with Crippen molar-refractivity contribution in [1.82, 2.24) is 9.55 Å². The summed E-state index contributed by atoms with van der Waals surface area (Å²) in [5, 5.41) is 2.34. The van der Waals surface area contributed by atoms with Gasteiger partial charge in [0, 0.05) is 26.5 Å². The highest BCUT2D eigenvalue weighted by atomic mass is 79.9. The summed E-state index contributed by atoms with van der Waals surface area (Å²) in [6, 6.07) is 31.0. The van der Waals surface area contributed by atoms with Gasteiger partial charge in [-0.1, -0.05) is 58.4 Å². The van der Waals surface area contributed by atoms with E-state index in [1.807, 2.05) is 42.5 Å². The van der Waals surface area contributed by atoms with Crippen LogP contribution >= 0.6 is 15.9 Å². The molecule has 6 aromatic rings. The Morgan fingerprint density at radius 2 is 1.48 bits per heavy atom. The molecular weight excluding hydrogens is 424 g/mol. The number of benzene rings is 4. The highest BCUT2D eigenvalue weighted by Crippen LogP contribution is 2.38. The van der Waals surface area contributed by atoms with E-state index in [9.17, 15) is 0 Å². The second kappa shape index (κ2) is 6.33. The van der Waals surface area contributed by atoms with Gasteiger partial charge < -0.3 is 8.98 Å². The zero-order valence-corrected chi connectivity index (χ0v) is 16.9. The van der Waals surface area contributed by atoms with Gasteiger partial charge in [-0.15, -0.1) is 0 Å². The minimum absolute atomic E-state index is 0.638. The van der Waals surface area contributed by atoms with E-state index < -0.39 is 0 Å². The van der Waals surface area contributed by atoms with Crippen LogP contribution in [0.2, 0.25) is 0 Å². The van der Waals surface area contributed by atoms with E-state index in [-0.39, 0.29) is 0 Å². The van der Waals surface area contributed by atoms with E-state index in [1.54, 1.807) is 0 Å². The normalized spacial score (nSPS) is 11.6. The second-order valence-electron chi connectivity index (χ2n) is 7.03. The van der Waals surface area contributed by atoms with Crippen LogP contribution in [0.3, 0.4) is 0 Å². The third kappa shape index (κ3) is 2.53. The smallest absolute Gasteiger partial charge is 0.227 e. The van der Waals surface area contributed by atoms with E-state index in [1.165, 1.54) is 5.39 Å². The topological polar surface area (TPSA) is 31.0 Å². The van der Waals surface area contributed by atoms with Gasteiger partial charge >= 0.3 is 0 Å². The summed E-state index contributed by atoms with van der Waals surface area (Å²) in [6.45, 7) is 0. The number of aromatic nitrogens is 2. The first-order valence-electron chi connectivity index (χ1n) is 9.44. The molecule has 2 heterocycles. The molecule has 29 heavy (non-hydrogen) atoms. The molecule has 0 aliphatic carbocycles. The van der Waals surface area contributed by atoms with Crippen LogP contribution in [0.5, 0.6) is 0 Å². The Balaban J connectivity index is 1.78. The molecule has 0 unspecified atom stereocenters. The van der Waals surface area contributed by atoms with Gasteiger partial charge in [0.1, 0.15) is 5.52 Å². The largest absolute Gasteiger partial charge is 0.434 e. The molecule has 2 aromatic heterocycles. The fraction of sp³-hybridized carbons (Fsp3) is 0. The minimum Gasteiger partial charge on any atom is -0.434 e. The molecule has 0 radical (unpaired) electrons. The lowest BCUT2D eigenvalue weighted by Crippen LogP contribution is -1.93. The molecule has 6 rings (SSSR count). The molecule has 0 spiro atoms. The predicted octanol–water partition coefficient (Wildman–Crippen LogP) is 7.35. The highest BCUT2D eigenvalue weighted by molar-refractivity contribution is 9.10. The van der Waals surface area contributed by atoms with Crippen LogP contribution in [0.15, 0.2) is 99.9 Å². The lowest BCUT2D eigenvalue weighted by Gasteiger charge is -2.07. The standard InChI is InChI=1S/C25H15BrN2O/c26-17-11-12-19-20-13-14-21-24(29-25(27-21)16-7-3-1-4-8-16)23(20)28(22(19)15-17)18-9-5-2-6-10-18/h1-15H. The first-order chi connectivity index (χ1) is 14.3. The van der Waals surface area contributed by atoms with Gasteiger partial charge in [0.25, 0.3) is 0 Å². The van der Waals surface area contributed by atoms with Crippen LogP contribution in [-0.4, -0.2) is 9.55 Å². The first kappa shape index (κ1) is 16.6. The Hall–Kier alpha value is -3.37. The van der Waals surface area contributed by atoms with Gasteiger partial charge in [-0.05, 0) is 48.5 Å². The summed E-state index contributed by atoms with van der Waals surface area (Å²) in [4.78, 5) is 4.77. The Morgan fingerprint density at radius 1 is 0.759 bits per heavy atom. The van der Waals surface area contributed by atoms with Crippen LogP contribution in [0.4, 0.5) is 0 Å². The van der Waals surface area contributed by atoms with Crippen LogP contribution in [0.1, 0.15) is 0 Å². The van der Waals surface area contributed by atoms with Gasteiger partial charge in [0.05, 0.1) is 11.0 Å². The molecule has 0 fully saturated rings. The summed E-state index contributed by atoms with van der Waals surface area (Å²) in [5.41, 5.74) is 5.90. The van der Waals surface area contributed by atoms with Crippen molar-refractivity contribution in [3.8, 4) is 17.1 Å². The molecule has 0 amide bonds. The van der Waals surface area contributed by atoms with Crippen LogP contribution in [0, 0.1) is 0 Å². The molecule has 3 nitrogen and oxygen atoms in total. The molecule has 0 aliphatic rings. The fourth-order valence-corrected chi connectivity index (χ4v) is 4.35. The van der Waals surface area contributed by atoms with Gasteiger partial charge in [0.15, 0.2) is 5.58 Å². The third-order valence-electron chi connectivity index (χ3n) is 5.28. The Morgan fingerprint density at radius 3 is 2.28 bits per heavy atom. The monoisotopic (exact) mass is 438 g/mol. The number of hydrogen-bond donors (Lipinski definition) is 0. The van der Waals surface area contributed by atoms with Crippen molar-refractivity contribution in [1.29, 1.82) is 0 Å². The lowest BCUT2D eigenvalue weighted by molar-refractivity contribution is 0.622. The van der Waals surface area contributed by atoms with Gasteiger partial charge in [-0.2, -0.15) is 0 Å². The fourth-order valence-electron chi connectivity index (χ4n) is 4.00. The molecule has 0 N–H and O–H groups in total. The Bertz CT molecular complexity index is 1500. The van der Waals surface area contributed by atoms with Crippen molar-refractivity contribution >= 4 is 48.8 Å². The van der Waals surface area contributed by atoms with Crippen molar-refractivity contribution in [3.05, 3.63) is 95.5 Å². The molecule has 138 valence electrons. The average Bonchev–Trinajstić information content (AvgIpc) is 3.33. The highest BCUT2D eigenvalue weighted by Gasteiger charge is 2.19. The van der Waals surface area contributed by atoms with Crippen molar-refractivity contribution in [2.45, 2.75) is 0 Å².